The fourth-order valence-corrected chi connectivity index (χ4v) is 3.05. The van der Waals surface area contributed by atoms with Crippen LogP contribution < -0.4 is 5.73 Å². The molecule has 2 aliphatic rings. The van der Waals surface area contributed by atoms with Crippen LogP contribution in [0.1, 0.15) is 18.5 Å². The van der Waals surface area contributed by atoms with Gasteiger partial charge in [0.25, 0.3) is 0 Å². The van der Waals surface area contributed by atoms with E-state index in [0.717, 1.165) is 31.6 Å². The van der Waals surface area contributed by atoms with Crippen molar-refractivity contribution >= 4 is 22.4 Å². The highest BCUT2D eigenvalue weighted by Gasteiger charge is 2.35. The molecule has 2 saturated heterocycles. The Morgan fingerprint density at radius 3 is 2.82 bits per heavy atom. The van der Waals surface area contributed by atoms with Crippen molar-refractivity contribution in [2.75, 3.05) is 18.8 Å². The average molecular weight is 253 g/mol. The maximum atomic E-state index is 12.1. The second-order valence-corrected chi connectivity index (χ2v) is 5.50. The Balaban J connectivity index is 1.63. The third-order valence-electron chi connectivity index (χ3n) is 3.30. The monoisotopic (exact) mass is 253 g/mol. The number of carbonyl (C=O) groups is 1. The van der Waals surface area contributed by atoms with E-state index in [2.05, 4.69) is 4.98 Å². The molecule has 2 N–H and O–H groups in total. The molecule has 3 heterocycles. The highest BCUT2D eigenvalue weighted by atomic mass is 32.1. The van der Waals surface area contributed by atoms with Crippen LogP contribution in [-0.2, 0) is 16.0 Å². The van der Waals surface area contributed by atoms with Gasteiger partial charge in [-0.25, -0.2) is 4.98 Å². The topological polar surface area (TPSA) is 68.5 Å². The van der Waals surface area contributed by atoms with Gasteiger partial charge in [-0.2, -0.15) is 0 Å². The lowest BCUT2D eigenvalue weighted by atomic mass is 10.2. The van der Waals surface area contributed by atoms with Crippen molar-refractivity contribution in [2.45, 2.75) is 31.5 Å². The van der Waals surface area contributed by atoms with Gasteiger partial charge in [0.1, 0.15) is 0 Å². The summed E-state index contributed by atoms with van der Waals surface area (Å²) in [5.41, 5.74) is 6.32. The number of anilines is 1. The van der Waals surface area contributed by atoms with E-state index in [0.29, 0.717) is 11.6 Å². The zero-order valence-corrected chi connectivity index (χ0v) is 10.3. The maximum Gasteiger partial charge on any atom is 0.228 e. The van der Waals surface area contributed by atoms with Gasteiger partial charge >= 0.3 is 0 Å². The molecule has 17 heavy (non-hydrogen) atoms. The predicted molar refractivity (Wildman–Crippen MR) is 64.7 cm³/mol. The van der Waals surface area contributed by atoms with Crippen molar-refractivity contribution in [3.63, 3.8) is 0 Å². The largest absolute Gasteiger partial charge is 0.375 e. The molecule has 0 aliphatic carbocycles. The molecule has 2 bridgehead atoms. The van der Waals surface area contributed by atoms with Crippen LogP contribution in [0.25, 0.3) is 0 Å². The number of amides is 1. The first-order valence-electron chi connectivity index (χ1n) is 5.84. The van der Waals surface area contributed by atoms with E-state index in [1.54, 1.807) is 0 Å². The molecule has 2 fully saturated rings. The summed E-state index contributed by atoms with van der Waals surface area (Å²) in [4.78, 5) is 18.1. The first-order valence-corrected chi connectivity index (χ1v) is 6.72. The van der Waals surface area contributed by atoms with Gasteiger partial charge in [0.05, 0.1) is 24.3 Å². The summed E-state index contributed by atoms with van der Waals surface area (Å²) in [5, 5.41) is 2.37. The van der Waals surface area contributed by atoms with Gasteiger partial charge in [-0.3, -0.25) is 4.79 Å². The third kappa shape index (κ3) is 2.28. The fourth-order valence-electron chi connectivity index (χ4n) is 2.49. The number of aromatic nitrogens is 1. The number of fused-ring (bicyclic) bond motifs is 2. The molecule has 1 aromatic heterocycles. The third-order valence-corrected chi connectivity index (χ3v) is 4.02. The van der Waals surface area contributed by atoms with Gasteiger partial charge in [0, 0.05) is 18.5 Å². The molecule has 2 aliphatic heterocycles. The number of rotatable bonds is 2. The van der Waals surface area contributed by atoms with Gasteiger partial charge in [-0.15, -0.1) is 11.3 Å². The first kappa shape index (κ1) is 11.0. The van der Waals surface area contributed by atoms with Crippen LogP contribution in [0, 0.1) is 0 Å². The van der Waals surface area contributed by atoms with Gasteiger partial charge in [-0.05, 0) is 12.8 Å². The van der Waals surface area contributed by atoms with E-state index >= 15 is 0 Å². The molecule has 5 nitrogen and oxygen atoms in total. The highest BCUT2D eigenvalue weighted by Crippen LogP contribution is 2.26. The Morgan fingerprint density at radius 2 is 2.24 bits per heavy atom. The number of likely N-dealkylation sites (tertiary alicyclic amines) is 1. The number of nitrogens with zero attached hydrogens (tertiary/aromatic N) is 2. The maximum absolute atomic E-state index is 12.1. The number of nitrogens with two attached hydrogens (primary N) is 1. The number of hydrogen-bond acceptors (Lipinski definition) is 5. The van der Waals surface area contributed by atoms with Crippen LogP contribution in [-0.4, -0.2) is 41.1 Å². The molecule has 0 radical (unpaired) electrons. The first-order chi connectivity index (χ1) is 8.20. The molecular weight excluding hydrogens is 238 g/mol. The molecule has 0 aromatic carbocycles. The van der Waals surface area contributed by atoms with Crippen molar-refractivity contribution < 1.29 is 9.53 Å². The Morgan fingerprint density at radius 1 is 1.53 bits per heavy atom. The van der Waals surface area contributed by atoms with E-state index < -0.39 is 0 Å². The lowest BCUT2D eigenvalue weighted by molar-refractivity contribution is -0.139. The van der Waals surface area contributed by atoms with Crippen molar-refractivity contribution in [2.24, 2.45) is 0 Å². The smallest absolute Gasteiger partial charge is 0.228 e. The van der Waals surface area contributed by atoms with Gasteiger partial charge in [-0.1, -0.05) is 0 Å². The van der Waals surface area contributed by atoms with Crippen LogP contribution in [0.2, 0.25) is 0 Å². The van der Waals surface area contributed by atoms with Crippen molar-refractivity contribution in [3.8, 4) is 0 Å². The number of morpholine rings is 1. The molecule has 2 unspecified atom stereocenters. The van der Waals surface area contributed by atoms with Crippen LogP contribution in [0.3, 0.4) is 0 Å². The Bertz CT molecular complexity index is 422. The Hall–Kier alpha value is -1.14. The summed E-state index contributed by atoms with van der Waals surface area (Å²) in [6.07, 6.45) is 3.01. The van der Waals surface area contributed by atoms with Gasteiger partial charge in [0.2, 0.25) is 5.91 Å². The van der Waals surface area contributed by atoms with Gasteiger partial charge in [0.15, 0.2) is 5.13 Å². The summed E-state index contributed by atoms with van der Waals surface area (Å²) >= 11 is 1.38. The van der Waals surface area contributed by atoms with Crippen LogP contribution >= 0.6 is 11.3 Å². The number of nitrogen functional groups attached to an aromatic ring is 1. The zero-order chi connectivity index (χ0) is 11.8. The van der Waals surface area contributed by atoms with Crippen molar-refractivity contribution in [1.82, 2.24) is 9.88 Å². The Labute approximate surface area is 104 Å². The minimum atomic E-state index is 0.135. The summed E-state index contributed by atoms with van der Waals surface area (Å²) < 4.78 is 5.70. The van der Waals surface area contributed by atoms with E-state index in [9.17, 15) is 4.79 Å². The molecule has 3 rings (SSSR count). The molecule has 92 valence electrons. The molecule has 2 atom stereocenters. The summed E-state index contributed by atoms with van der Waals surface area (Å²) in [6, 6.07) is 0. The van der Waals surface area contributed by atoms with E-state index in [1.807, 2.05) is 10.3 Å². The van der Waals surface area contributed by atoms with Crippen LogP contribution in [0.4, 0.5) is 5.13 Å². The summed E-state index contributed by atoms with van der Waals surface area (Å²) in [7, 11) is 0. The minimum Gasteiger partial charge on any atom is -0.375 e. The van der Waals surface area contributed by atoms with Crippen molar-refractivity contribution in [1.29, 1.82) is 0 Å². The lowest BCUT2D eigenvalue weighted by Gasteiger charge is -2.32. The minimum absolute atomic E-state index is 0.135. The van der Waals surface area contributed by atoms with E-state index in [-0.39, 0.29) is 18.1 Å². The standard InChI is InChI=1S/C11H15N3O2S/c12-11-13-7(6-17-11)3-10(15)14-4-8-1-2-9(5-14)16-8/h6,8-9H,1-5H2,(H2,12,13). The predicted octanol–water partition coefficient (Wildman–Crippen LogP) is 0.658. The van der Waals surface area contributed by atoms with E-state index in [4.69, 9.17) is 10.5 Å². The molecule has 0 spiro atoms. The second kappa shape index (κ2) is 4.27. The van der Waals surface area contributed by atoms with Crippen LogP contribution in [0.15, 0.2) is 5.38 Å². The fraction of sp³-hybridized carbons (Fsp3) is 0.636. The quantitative estimate of drug-likeness (QED) is 0.840. The highest BCUT2D eigenvalue weighted by molar-refractivity contribution is 7.13. The number of carbonyl (C=O) groups excluding carboxylic acids is 1. The van der Waals surface area contributed by atoms with Crippen LogP contribution in [0.5, 0.6) is 0 Å². The average Bonchev–Trinajstić information content (AvgIpc) is 2.85. The molecule has 1 amide bonds. The lowest BCUT2D eigenvalue weighted by Crippen LogP contribution is -2.46. The second-order valence-electron chi connectivity index (χ2n) is 4.61. The SMILES string of the molecule is Nc1nc(CC(=O)N2CC3CCC(C2)O3)cs1. The molecule has 1 aromatic rings. The normalized spacial score (nSPS) is 27.4. The molecular formula is C11H15N3O2S. The van der Waals surface area contributed by atoms with E-state index in [1.165, 1.54) is 11.3 Å². The summed E-state index contributed by atoms with van der Waals surface area (Å²) in [5.74, 6) is 0.135. The number of thiazole rings is 1. The van der Waals surface area contributed by atoms with Crippen molar-refractivity contribution in [3.05, 3.63) is 11.1 Å². The number of hydrogen-bond donors (Lipinski definition) is 1. The van der Waals surface area contributed by atoms with Gasteiger partial charge < -0.3 is 15.4 Å². The Kier molecular flexibility index (Phi) is 2.76. The zero-order valence-electron chi connectivity index (χ0n) is 9.46. The molecule has 0 saturated carbocycles. The number of ether oxygens (including phenoxy) is 1. The summed E-state index contributed by atoms with van der Waals surface area (Å²) in [6.45, 7) is 1.46. The molecule has 6 heteroatoms.